The van der Waals surface area contributed by atoms with Crippen molar-refractivity contribution in [2.75, 3.05) is 0 Å². The van der Waals surface area contributed by atoms with Gasteiger partial charge < -0.3 is 0 Å². The summed E-state index contributed by atoms with van der Waals surface area (Å²) in [7, 11) is 0. The highest BCUT2D eigenvalue weighted by Gasteiger charge is 2.31. The number of carbonyl (C=O) groups is 1. The van der Waals surface area contributed by atoms with Gasteiger partial charge in [-0.2, -0.15) is 13.2 Å². The number of carbonyl (C=O) groups excluding carboxylic acids is 1. The molecule has 0 N–H and O–H groups in total. The van der Waals surface area contributed by atoms with E-state index in [1.807, 2.05) is 0 Å². The van der Waals surface area contributed by atoms with Gasteiger partial charge in [0, 0.05) is 6.20 Å². The zero-order chi connectivity index (χ0) is 14.2. The smallest absolute Gasteiger partial charge is 0.299 e. The summed E-state index contributed by atoms with van der Waals surface area (Å²) in [5, 5.41) is 7.45. The molecule has 0 aliphatic rings. The van der Waals surface area contributed by atoms with Gasteiger partial charge in [-0.3, -0.25) is 9.20 Å². The third-order valence-electron chi connectivity index (χ3n) is 2.55. The number of thioether (sulfide) groups is 1. The molecule has 0 aromatic carbocycles. The highest BCUT2D eigenvalue weighted by Crippen LogP contribution is 2.30. The summed E-state index contributed by atoms with van der Waals surface area (Å²) in [5.41, 5.74) is -0.469. The zero-order valence-corrected chi connectivity index (χ0v) is 10.9. The van der Waals surface area contributed by atoms with Crippen molar-refractivity contribution in [3.05, 3.63) is 23.9 Å². The predicted molar refractivity (Wildman–Crippen MR) is 64.0 cm³/mol. The Kier molecular flexibility index (Phi) is 3.53. The second kappa shape index (κ2) is 4.84. The minimum absolute atomic E-state index is 0.0753. The first kappa shape index (κ1) is 13.9. The lowest BCUT2D eigenvalue weighted by molar-refractivity contribution is -0.137. The summed E-state index contributed by atoms with van der Waals surface area (Å²) in [6.45, 7) is 3.09. The summed E-state index contributed by atoms with van der Waals surface area (Å²) < 4.78 is 39.1. The number of fused-ring (bicyclic) bond motifs is 1. The molecule has 2 aromatic rings. The minimum Gasteiger partial charge on any atom is -0.299 e. The predicted octanol–water partition coefficient (Wildman–Crippen LogP) is 2.82. The van der Waals surface area contributed by atoms with E-state index < -0.39 is 11.7 Å². The Labute approximate surface area is 111 Å². The first-order valence-electron chi connectivity index (χ1n) is 5.38. The van der Waals surface area contributed by atoms with E-state index in [0.29, 0.717) is 5.65 Å². The van der Waals surface area contributed by atoms with E-state index in [1.54, 1.807) is 6.92 Å². The molecule has 0 saturated heterocycles. The first-order valence-corrected chi connectivity index (χ1v) is 6.26. The number of Topliss-reactive ketones (excluding diaryl/α,β-unsaturated/α-hetero) is 1. The van der Waals surface area contributed by atoms with Crippen LogP contribution in [0.15, 0.2) is 23.5 Å². The molecule has 4 nitrogen and oxygen atoms in total. The lowest BCUT2D eigenvalue weighted by Gasteiger charge is -2.08. The zero-order valence-electron chi connectivity index (χ0n) is 10.1. The lowest BCUT2D eigenvalue weighted by atomic mass is 10.3. The van der Waals surface area contributed by atoms with Crippen molar-refractivity contribution in [2.24, 2.45) is 0 Å². The van der Waals surface area contributed by atoms with Crippen LogP contribution in [0.5, 0.6) is 0 Å². The van der Waals surface area contributed by atoms with E-state index in [-0.39, 0.29) is 16.2 Å². The molecule has 0 aliphatic carbocycles. The van der Waals surface area contributed by atoms with Crippen LogP contribution in [0.2, 0.25) is 0 Å². The lowest BCUT2D eigenvalue weighted by Crippen LogP contribution is -2.10. The molecule has 0 fully saturated rings. The van der Waals surface area contributed by atoms with Crippen LogP contribution < -0.4 is 0 Å². The number of pyridine rings is 1. The molecule has 2 aromatic heterocycles. The topological polar surface area (TPSA) is 47.3 Å². The highest BCUT2D eigenvalue weighted by atomic mass is 32.2. The molecule has 8 heteroatoms. The third-order valence-corrected chi connectivity index (χ3v) is 3.73. The highest BCUT2D eigenvalue weighted by molar-refractivity contribution is 8.00. The second-order valence-corrected chi connectivity index (χ2v) is 5.30. The Hall–Kier alpha value is -1.57. The molecule has 2 heterocycles. The molecule has 19 heavy (non-hydrogen) atoms. The molecule has 1 atom stereocenters. The van der Waals surface area contributed by atoms with E-state index in [1.165, 1.54) is 17.4 Å². The van der Waals surface area contributed by atoms with Crippen LogP contribution in [0.1, 0.15) is 19.4 Å². The van der Waals surface area contributed by atoms with Crippen molar-refractivity contribution in [1.82, 2.24) is 14.6 Å². The Morgan fingerprint density at radius 2 is 2.05 bits per heavy atom. The number of nitrogens with zero attached hydrogens (tertiary/aromatic N) is 3. The van der Waals surface area contributed by atoms with E-state index in [9.17, 15) is 18.0 Å². The van der Waals surface area contributed by atoms with E-state index in [2.05, 4.69) is 10.2 Å². The largest absolute Gasteiger partial charge is 0.417 e. The molecular weight excluding hydrogens is 279 g/mol. The number of halogens is 3. The standard InChI is InChI=1S/C11H10F3N3OS/c1-6(18)7(2)19-10-16-15-9-4-3-8(5-17(9)10)11(12,13)14/h3-5,7H,1-2H3/t7-/m1/s1. The molecule has 0 saturated carbocycles. The van der Waals surface area contributed by atoms with Crippen LogP contribution in [0, 0.1) is 0 Å². The fourth-order valence-electron chi connectivity index (χ4n) is 1.36. The average molecular weight is 289 g/mol. The van der Waals surface area contributed by atoms with Gasteiger partial charge in [0.05, 0.1) is 10.8 Å². The second-order valence-electron chi connectivity index (χ2n) is 4.00. The number of aromatic nitrogens is 3. The maximum absolute atomic E-state index is 12.6. The quantitative estimate of drug-likeness (QED) is 0.815. The summed E-state index contributed by atoms with van der Waals surface area (Å²) in [5.74, 6) is -0.0753. The first-order chi connectivity index (χ1) is 8.79. The van der Waals surface area contributed by atoms with E-state index in [0.717, 1.165) is 24.0 Å². The Morgan fingerprint density at radius 1 is 1.37 bits per heavy atom. The molecule has 0 radical (unpaired) electrons. The number of hydrogen-bond donors (Lipinski definition) is 0. The van der Waals surface area contributed by atoms with Gasteiger partial charge >= 0.3 is 6.18 Å². The number of hydrogen-bond acceptors (Lipinski definition) is 4. The van der Waals surface area contributed by atoms with Crippen molar-refractivity contribution in [3.63, 3.8) is 0 Å². The van der Waals surface area contributed by atoms with Crippen molar-refractivity contribution in [2.45, 2.75) is 30.4 Å². The fourth-order valence-corrected chi connectivity index (χ4v) is 2.19. The van der Waals surface area contributed by atoms with Crippen LogP contribution in [-0.4, -0.2) is 25.6 Å². The molecule has 0 unspecified atom stereocenters. The number of rotatable bonds is 3. The monoisotopic (exact) mass is 289 g/mol. The van der Waals surface area contributed by atoms with Crippen molar-refractivity contribution < 1.29 is 18.0 Å². The van der Waals surface area contributed by atoms with Crippen LogP contribution in [0.4, 0.5) is 13.2 Å². The van der Waals surface area contributed by atoms with Gasteiger partial charge in [0.1, 0.15) is 5.78 Å². The van der Waals surface area contributed by atoms with Gasteiger partial charge in [-0.1, -0.05) is 11.8 Å². The number of ketones is 1. The van der Waals surface area contributed by atoms with Crippen LogP contribution in [0.25, 0.3) is 5.65 Å². The normalized spacial score (nSPS) is 13.7. The van der Waals surface area contributed by atoms with E-state index in [4.69, 9.17) is 0 Å². The van der Waals surface area contributed by atoms with Gasteiger partial charge in [-0.25, -0.2) is 0 Å². The molecule has 0 aliphatic heterocycles. The molecule has 0 amide bonds. The Balaban J connectivity index is 2.43. The summed E-state index contributed by atoms with van der Waals surface area (Å²) in [6.07, 6.45) is -3.49. The van der Waals surface area contributed by atoms with Crippen molar-refractivity contribution in [3.8, 4) is 0 Å². The third kappa shape index (κ3) is 2.89. The maximum Gasteiger partial charge on any atom is 0.417 e. The molecular formula is C11H10F3N3OS. The summed E-state index contributed by atoms with van der Waals surface area (Å²) in [6, 6.07) is 2.20. The van der Waals surface area contributed by atoms with Crippen molar-refractivity contribution >= 4 is 23.2 Å². The molecule has 102 valence electrons. The SMILES string of the molecule is CC(=O)[C@@H](C)Sc1nnc2ccc(C(F)(F)F)cn12. The molecule has 0 spiro atoms. The summed E-state index contributed by atoms with van der Waals surface area (Å²) >= 11 is 1.08. The average Bonchev–Trinajstić information content (AvgIpc) is 2.70. The Morgan fingerprint density at radius 3 is 2.63 bits per heavy atom. The summed E-state index contributed by atoms with van der Waals surface area (Å²) in [4.78, 5) is 11.2. The van der Waals surface area contributed by atoms with E-state index >= 15 is 0 Å². The molecule has 2 rings (SSSR count). The maximum atomic E-state index is 12.6. The number of alkyl halides is 3. The van der Waals surface area contributed by atoms with Crippen LogP contribution in [0.3, 0.4) is 0 Å². The van der Waals surface area contributed by atoms with Gasteiger partial charge in [0.25, 0.3) is 0 Å². The van der Waals surface area contributed by atoms with Gasteiger partial charge in [-0.15, -0.1) is 10.2 Å². The minimum atomic E-state index is -4.42. The molecule has 0 bridgehead atoms. The van der Waals surface area contributed by atoms with Gasteiger partial charge in [-0.05, 0) is 26.0 Å². The Bertz CT molecular complexity index is 623. The van der Waals surface area contributed by atoms with Crippen LogP contribution in [-0.2, 0) is 11.0 Å². The van der Waals surface area contributed by atoms with Gasteiger partial charge in [0.15, 0.2) is 10.8 Å². The van der Waals surface area contributed by atoms with Crippen molar-refractivity contribution in [1.29, 1.82) is 0 Å². The van der Waals surface area contributed by atoms with Gasteiger partial charge in [0.2, 0.25) is 0 Å². The fraction of sp³-hybridized carbons (Fsp3) is 0.364. The van der Waals surface area contributed by atoms with Crippen LogP contribution >= 0.6 is 11.8 Å².